The zero-order chi connectivity index (χ0) is 27.8. The Balaban J connectivity index is 1.78. The van der Waals surface area contributed by atoms with Gasteiger partial charge in [0, 0.05) is 17.0 Å². The molecule has 2 amide bonds. The molecule has 3 saturated heterocycles. The maximum absolute atomic E-state index is 14.6. The topological polar surface area (TPSA) is 87.1 Å². The van der Waals surface area contributed by atoms with Crippen LogP contribution in [0.25, 0.3) is 0 Å². The molecule has 4 rings (SSSR count). The van der Waals surface area contributed by atoms with E-state index in [-0.39, 0.29) is 37.5 Å². The van der Waals surface area contributed by atoms with Crippen LogP contribution in [0.15, 0.2) is 43.5 Å². The van der Waals surface area contributed by atoms with Crippen LogP contribution in [0.3, 0.4) is 0 Å². The van der Waals surface area contributed by atoms with Gasteiger partial charge >= 0.3 is 5.97 Å². The molecule has 1 aromatic carbocycles. The van der Waals surface area contributed by atoms with E-state index in [2.05, 4.69) is 13.2 Å². The van der Waals surface area contributed by atoms with Crippen molar-refractivity contribution in [3.63, 3.8) is 0 Å². The van der Waals surface area contributed by atoms with Crippen molar-refractivity contribution in [1.29, 1.82) is 0 Å². The largest absolute Gasteiger partial charge is 0.465 e. The first-order valence-corrected chi connectivity index (χ1v) is 14.3. The van der Waals surface area contributed by atoms with Crippen LogP contribution in [0.5, 0.6) is 0 Å². The minimum Gasteiger partial charge on any atom is -0.465 e. The molecular formula is C30H40N2O5S. The lowest BCUT2D eigenvalue weighted by Gasteiger charge is -2.39. The van der Waals surface area contributed by atoms with E-state index in [4.69, 9.17) is 4.74 Å². The van der Waals surface area contributed by atoms with Gasteiger partial charge in [0.2, 0.25) is 5.91 Å². The number of esters is 1. The molecule has 2 bridgehead atoms. The van der Waals surface area contributed by atoms with Crippen molar-refractivity contribution in [3.8, 4) is 0 Å². The first-order chi connectivity index (χ1) is 18.1. The highest BCUT2D eigenvalue weighted by atomic mass is 32.2. The molecule has 6 atom stereocenters. The number of hydrogen-bond acceptors (Lipinski definition) is 6. The molecule has 0 aromatic heterocycles. The SMILES string of the molecule is C=CCCCOC(=O)[C@@H]1[C@H]2C(=O)N([C@H](C)CO)C(C(=O)N(CC=C)c3c(C)cccc3C)C23CC[C@@]1(C)S3. The van der Waals surface area contributed by atoms with E-state index in [0.29, 0.717) is 19.3 Å². The van der Waals surface area contributed by atoms with Gasteiger partial charge in [0.1, 0.15) is 6.04 Å². The van der Waals surface area contributed by atoms with Gasteiger partial charge in [-0.15, -0.1) is 24.9 Å². The summed E-state index contributed by atoms with van der Waals surface area (Å²) in [6, 6.07) is 4.51. The number of thioether (sulfide) groups is 1. The maximum atomic E-state index is 14.6. The molecule has 0 radical (unpaired) electrons. The number of nitrogens with zero attached hydrogens (tertiary/aromatic N) is 2. The first-order valence-electron chi connectivity index (χ1n) is 13.5. The summed E-state index contributed by atoms with van der Waals surface area (Å²) in [4.78, 5) is 45.5. The highest BCUT2D eigenvalue weighted by Gasteiger charge is 2.78. The monoisotopic (exact) mass is 540 g/mol. The molecule has 3 aliphatic rings. The summed E-state index contributed by atoms with van der Waals surface area (Å²) in [5.41, 5.74) is 2.72. The number of aryl methyl sites for hydroxylation is 2. The minimum atomic E-state index is -0.813. The maximum Gasteiger partial charge on any atom is 0.311 e. The number of allylic oxidation sites excluding steroid dienone is 1. The number of carbonyl (C=O) groups excluding carboxylic acids is 3. The predicted molar refractivity (Wildman–Crippen MR) is 151 cm³/mol. The molecular weight excluding hydrogens is 500 g/mol. The van der Waals surface area contributed by atoms with E-state index in [1.807, 2.05) is 39.0 Å². The number of hydrogen-bond donors (Lipinski definition) is 1. The van der Waals surface area contributed by atoms with E-state index < -0.39 is 33.4 Å². The number of aliphatic hydroxyl groups is 1. The van der Waals surface area contributed by atoms with Crippen LogP contribution in [0, 0.1) is 25.7 Å². The molecule has 1 N–H and O–H groups in total. The lowest BCUT2D eigenvalue weighted by molar-refractivity contribution is -0.156. The highest BCUT2D eigenvalue weighted by molar-refractivity contribution is 8.02. The molecule has 2 unspecified atom stereocenters. The quantitative estimate of drug-likeness (QED) is 0.257. The molecule has 0 aliphatic carbocycles. The third-order valence-corrected chi connectivity index (χ3v) is 10.5. The number of rotatable bonds is 11. The number of unbranched alkanes of at least 4 members (excludes halogenated alkanes) is 1. The van der Waals surface area contributed by atoms with Gasteiger partial charge in [-0.25, -0.2) is 0 Å². The second-order valence-corrected chi connectivity index (χ2v) is 13.0. The number of carbonyl (C=O) groups is 3. The van der Waals surface area contributed by atoms with Crippen LogP contribution in [-0.2, 0) is 19.1 Å². The molecule has 3 aliphatic heterocycles. The smallest absolute Gasteiger partial charge is 0.311 e. The Labute approximate surface area is 230 Å². The van der Waals surface area contributed by atoms with Crippen LogP contribution >= 0.6 is 11.8 Å². The highest BCUT2D eigenvalue weighted by Crippen LogP contribution is 2.71. The number of benzene rings is 1. The summed E-state index contributed by atoms with van der Waals surface area (Å²) in [6.45, 7) is 15.6. The van der Waals surface area contributed by atoms with E-state index in [1.54, 1.807) is 40.6 Å². The summed E-state index contributed by atoms with van der Waals surface area (Å²) in [7, 11) is 0. The van der Waals surface area contributed by atoms with E-state index >= 15 is 0 Å². The van der Waals surface area contributed by atoms with E-state index in [1.165, 1.54) is 0 Å². The molecule has 1 spiro atoms. The summed E-state index contributed by atoms with van der Waals surface area (Å²) < 4.78 is 4.41. The van der Waals surface area contributed by atoms with Crippen molar-refractivity contribution >= 4 is 35.2 Å². The molecule has 206 valence electrons. The number of aliphatic hydroxyl groups excluding tert-OH is 1. The number of ether oxygens (including phenoxy) is 1. The van der Waals surface area contributed by atoms with Gasteiger partial charge in [0.25, 0.3) is 5.91 Å². The Morgan fingerprint density at radius 3 is 2.55 bits per heavy atom. The van der Waals surface area contributed by atoms with E-state index in [0.717, 1.165) is 23.2 Å². The Hall–Kier alpha value is -2.58. The molecule has 0 saturated carbocycles. The van der Waals surface area contributed by atoms with Crippen molar-refractivity contribution < 1.29 is 24.2 Å². The molecule has 3 heterocycles. The average Bonchev–Trinajstić information content (AvgIpc) is 3.45. The van der Waals surface area contributed by atoms with Crippen LogP contribution in [-0.4, -0.2) is 69.1 Å². The van der Waals surface area contributed by atoms with Gasteiger partial charge in [0.05, 0.1) is 35.8 Å². The number of para-hydroxylation sites is 1. The normalized spacial score (nSPS) is 30.2. The second kappa shape index (κ2) is 10.9. The third kappa shape index (κ3) is 4.39. The van der Waals surface area contributed by atoms with Gasteiger partial charge in [0.15, 0.2) is 0 Å². The fraction of sp³-hybridized carbons (Fsp3) is 0.567. The van der Waals surface area contributed by atoms with Gasteiger partial charge in [-0.2, -0.15) is 0 Å². The second-order valence-electron chi connectivity index (χ2n) is 11.1. The number of likely N-dealkylation sites (tertiary alicyclic amines) is 1. The zero-order valence-electron chi connectivity index (χ0n) is 22.9. The van der Waals surface area contributed by atoms with Crippen LogP contribution in [0.2, 0.25) is 0 Å². The van der Waals surface area contributed by atoms with E-state index in [9.17, 15) is 19.5 Å². The predicted octanol–water partition coefficient (Wildman–Crippen LogP) is 4.19. The number of fused-ring (bicyclic) bond motifs is 1. The average molecular weight is 541 g/mol. The number of anilines is 1. The Morgan fingerprint density at radius 1 is 1.26 bits per heavy atom. The van der Waals surface area contributed by atoms with Crippen LogP contribution in [0.1, 0.15) is 50.7 Å². The van der Waals surface area contributed by atoms with Crippen molar-refractivity contribution in [1.82, 2.24) is 4.90 Å². The Bertz CT molecular complexity index is 1120. The number of amides is 2. The summed E-state index contributed by atoms with van der Waals surface area (Å²) in [5.74, 6) is -2.13. The fourth-order valence-electron chi connectivity index (χ4n) is 6.85. The standard InChI is InChI=1S/C30H40N2O5S/c1-7-9-10-17-37-28(36)23-22-26(34)32(21(5)18-33)25(30(22)15-14-29(23,6)38-30)27(35)31(16-8-2)24-19(3)12-11-13-20(24)4/h7-8,11-13,21-23,25,33H,1-2,9-10,14-18H2,3-6H3/t21-,22+,23+,25?,29-,30?/m1/s1. The van der Waals surface area contributed by atoms with Crippen LogP contribution < -0.4 is 4.90 Å². The van der Waals surface area contributed by atoms with Gasteiger partial charge < -0.3 is 19.6 Å². The summed E-state index contributed by atoms with van der Waals surface area (Å²) in [5, 5.41) is 10.1. The van der Waals surface area contributed by atoms with Crippen molar-refractivity contribution in [2.45, 2.75) is 75.0 Å². The molecule has 8 heteroatoms. The molecule has 7 nitrogen and oxygen atoms in total. The lowest BCUT2D eigenvalue weighted by atomic mass is 9.66. The van der Waals surface area contributed by atoms with Crippen molar-refractivity contribution in [2.75, 3.05) is 24.7 Å². The molecule has 3 fully saturated rings. The fourth-order valence-corrected chi connectivity index (χ4v) is 9.18. The summed E-state index contributed by atoms with van der Waals surface area (Å²) in [6.07, 6.45) is 6.25. The first kappa shape index (κ1) is 28.4. The van der Waals surface area contributed by atoms with Gasteiger partial charge in [-0.1, -0.05) is 30.4 Å². The van der Waals surface area contributed by atoms with Crippen LogP contribution in [0.4, 0.5) is 5.69 Å². The van der Waals surface area contributed by atoms with Gasteiger partial charge in [-0.3, -0.25) is 14.4 Å². The molecule has 1 aromatic rings. The minimum absolute atomic E-state index is 0.199. The van der Waals surface area contributed by atoms with Crippen molar-refractivity contribution in [2.24, 2.45) is 11.8 Å². The third-order valence-electron chi connectivity index (χ3n) is 8.53. The van der Waals surface area contributed by atoms with Gasteiger partial charge in [-0.05, 0) is 64.5 Å². The summed E-state index contributed by atoms with van der Waals surface area (Å²) >= 11 is 1.61. The van der Waals surface area contributed by atoms with Crippen molar-refractivity contribution in [3.05, 3.63) is 54.6 Å². The Morgan fingerprint density at radius 2 is 1.95 bits per heavy atom. The lowest BCUT2D eigenvalue weighted by Crippen LogP contribution is -2.57. The molecule has 38 heavy (non-hydrogen) atoms. The zero-order valence-corrected chi connectivity index (χ0v) is 23.8. The Kier molecular flexibility index (Phi) is 8.15.